The van der Waals surface area contributed by atoms with Gasteiger partial charge in [-0.25, -0.2) is 0 Å². The van der Waals surface area contributed by atoms with E-state index in [0.717, 1.165) is 10.6 Å². The van der Waals surface area contributed by atoms with Crippen molar-refractivity contribution in [2.24, 2.45) is 0 Å². The molecule has 1 aliphatic rings. The number of thioether (sulfide) groups is 1. The lowest BCUT2D eigenvalue weighted by Crippen LogP contribution is -2.41. The smallest absolute Gasteiger partial charge is 0.233 e. The highest BCUT2D eigenvalue weighted by Gasteiger charge is 2.18. The number of benzene rings is 1. The van der Waals surface area contributed by atoms with Gasteiger partial charge in [-0.2, -0.15) is 9.61 Å². The molecule has 1 amide bonds. The van der Waals surface area contributed by atoms with Gasteiger partial charge in [0.25, 0.3) is 0 Å². The first-order chi connectivity index (χ1) is 14.2. The summed E-state index contributed by atoms with van der Waals surface area (Å²) in [4.78, 5) is 14.2. The Morgan fingerprint density at radius 2 is 1.90 bits per heavy atom. The predicted molar refractivity (Wildman–Crippen MR) is 107 cm³/mol. The van der Waals surface area contributed by atoms with Gasteiger partial charge in [-0.15, -0.1) is 10.2 Å². The van der Waals surface area contributed by atoms with Crippen LogP contribution < -0.4 is 9.47 Å². The number of rotatable bonds is 6. The Morgan fingerprint density at radius 1 is 1.10 bits per heavy atom. The molecule has 3 heterocycles. The lowest BCUT2D eigenvalue weighted by molar-refractivity contribution is -0.132. The van der Waals surface area contributed by atoms with E-state index in [4.69, 9.17) is 14.2 Å². The number of amides is 1. The molecular formula is C19H21N5O4S. The maximum atomic E-state index is 12.4. The molecule has 3 aromatic rings. The Balaban J connectivity index is 1.55. The number of aromatic nitrogens is 4. The SMILES string of the molecule is COc1ccc(-c2nnc3ccc(SCC(=O)N4CCOCC4)nn23)cc1OC. The second-order valence-electron chi connectivity index (χ2n) is 6.32. The number of nitrogens with zero attached hydrogens (tertiary/aromatic N) is 5. The van der Waals surface area contributed by atoms with Crippen LogP contribution in [0.15, 0.2) is 35.4 Å². The molecule has 0 atom stereocenters. The van der Waals surface area contributed by atoms with Gasteiger partial charge < -0.3 is 19.1 Å². The molecule has 0 aliphatic carbocycles. The summed E-state index contributed by atoms with van der Waals surface area (Å²) in [5.41, 5.74) is 1.42. The quantitative estimate of drug-likeness (QED) is 0.563. The number of carbonyl (C=O) groups excluding carboxylic acids is 1. The summed E-state index contributed by atoms with van der Waals surface area (Å²) in [6.07, 6.45) is 0. The van der Waals surface area contributed by atoms with E-state index >= 15 is 0 Å². The number of morpholine rings is 1. The third-order valence-electron chi connectivity index (χ3n) is 4.59. The Kier molecular flexibility index (Phi) is 5.81. The molecule has 2 aromatic heterocycles. The van der Waals surface area contributed by atoms with Gasteiger partial charge in [0.15, 0.2) is 23.0 Å². The number of hydrogen-bond donors (Lipinski definition) is 0. The van der Waals surface area contributed by atoms with Crippen molar-refractivity contribution >= 4 is 23.3 Å². The number of methoxy groups -OCH3 is 2. The van der Waals surface area contributed by atoms with E-state index in [1.807, 2.05) is 35.2 Å². The largest absolute Gasteiger partial charge is 0.493 e. The van der Waals surface area contributed by atoms with Crippen LogP contribution in [0, 0.1) is 0 Å². The molecule has 1 aliphatic heterocycles. The molecular weight excluding hydrogens is 394 g/mol. The van der Waals surface area contributed by atoms with Crippen molar-refractivity contribution in [1.29, 1.82) is 0 Å². The topological polar surface area (TPSA) is 91.1 Å². The van der Waals surface area contributed by atoms with E-state index in [9.17, 15) is 4.79 Å². The Bertz CT molecular complexity index is 1020. The van der Waals surface area contributed by atoms with Crippen LogP contribution >= 0.6 is 11.8 Å². The Hall–Kier alpha value is -2.85. The van der Waals surface area contributed by atoms with Crippen LogP contribution in [0.4, 0.5) is 0 Å². The lowest BCUT2D eigenvalue weighted by atomic mass is 10.2. The summed E-state index contributed by atoms with van der Waals surface area (Å²) in [6, 6.07) is 9.21. The normalized spacial score (nSPS) is 14.2. The van der Waals surface area contributed by atoms with Crippen LogP contribution in [0.25, 0.3) is 17.0 Å². The fraction of sp³-hybridized carbons (Fsp3) is 0.368. The van der Waals surface area contributed by atoms with Gasteiger partial charge in [0.2, 0.25) is 5.91 Å². The van der Waals surface area contributed by atoms with E-state index < -0.39 is 0 Å². The Labute approximate surface area is 172 Å². The maximum Gasteiger partial charge on any atom is 0.233 e. The van der Waals surface area contributed by atoms with Crippen molar-refractivity contribution in [2.75, 3.05) is 46.3 Å². The summed E-state index contributed by atoms with van der Waals surface area (Å²) in [7, 11) is 3.18. The van der Waals surface area contributed by atoms with Crippen LogP contribution in [0.2, 0.25) is 0 Å². The number of fused-ring (bicyclic) bond motifs is 1. The van der Waals surface area contributed by atoms with Crippen molar-refractivity contribution in [3.05, 3.63) is 30.3 Å². The van der Waals surface area contributed by atoms with E-state index in [0.29, 0.717) is 55.0 Å². The molecule has 0 N–H and O–H groups in total. The van der Waals surface area contributed by atoms with E-state index in [1.165, 1.54) is 11.8 Å². The van der Waals surface area contributed by atoms with Crippen molar-refractivity contribution in [2.45, 2.75) is 5.03 Å². The van der Waals surface area contributed by atoms with Crippen molar-refractivity contribution in [1.82, 2.24) is 24.7 Å². The van der Waals surface area contributed by atoms with Crippen LogP contribution in [0.1, 0.15) is 0 Å². The average Bonchev–Trinajstić information content (AvgIpc) is 3.20. The van der Waals surface area contributed by atoms with E-state index in [-0.39, 0.29) is 5.91 Å². The third-order valence-corrected chi connectivity index (χ3v) is 5.49. The van der Waals surface area contributed by atoms with Crippen molar-refractivity contribution < 1.29 is 19.0 Å². The predicted octanol–water partition coefficient (Wildman–Crippen LogP) is 1.76. The molecule has 1 fully saturated rings. The first kappa shape index (κ1) is 19.5. The van der Waals surface area contributed by atoms with Gasteiger partial charge in [-0.05, 0) is 30.3 Å². The molecule has 0 saturated carbocycles. The van der Waals surface area contributed by atoms with Crippen molar-refractivity contribution in [3.8, 4) is 22.9 Å². The fourth-order valence-corrected chi connectivity index (χ4v) is 3.80. The van der Waals surface area contributed by atoms with Gasteiger partial charge >= 0.3 is 0 Å². The summed E-state index contributed by atoms with van der Waals surface area (Å²) >= 11 is 1.39. The minimum absolute atomic E-state index is 0.0871. The number of ether oxygens (including phenoxy) is 3. The molecule has 10 heteroatoms. The minimum atomic E-state index is 0.0871. The first-order valence-electron chi connectivity index (χ1n) is 9.13. The average molecular weight is 415 g/mol. The molecule has 9 nitrogen and oxygen atoms in total. The zero-order chi connectivity index (χ0) is 20.2. The van der Waals surface area contributed by atoms with Gasteiger partial charge in [-0.1, -0.05) is 11.8 Å². The lowest BCUT2D eigenvalue weighted by Gasteiger charge is -2.26. The molecule has 0 bridgehead atoms. The number of hydrogen-bond acceptors (Lipinski definition) is 8. The molecule has 1 aromatic carbocycles. The highest BCUT2D eigenvalue weighted by Crippen LogP contribution is 2.31. The zero-order valence-corrected chi connectivity index (χ0v) is 17.0. The molecule has 29 heavy (non-hydrogen) atoms. The van der Waals surface area contributed by atoms with Crippen LogP contribution in [-0.2, 0) is 9.53 Å². The Morgan fingerprint density at radius 3 is 2.66 bits per heavy atom. The summed E-state index contributed by atoms with van der Waals surface area (Å²) < 4.78 is 17.6. The van der Waals surface area contributed by atoms with Crippen LogP contribution in [0.3, 0.4) is 0 Å². The van der Waals surface area contributed by atoms with E-state index in [2.05, 4.69) is 15.3 Å². The van der Waals surface area contributed by atoms with E-state index in [1.54, 1.807) is 18.7 Å². The maximum absolute atomic E-state index is 12.4. The summed E-state index contributed by atoms with van der Waals surface area (Å²) in [5, 5.41) is 13.8. The molecule has 0 spiro atoms. The minimum Gasteiger partial charge on any atom is -0.493 e. The van der Waals surface area contributed by atoms with Gasteiger partial charge in [0.05, 0.1) is 33.2 Å². The molecule has 0 radical (unpaired) electrons. The monoisotopic (exact) mass is 415 g/mol. The van der Waals surface area contributed by atoms with Gasteiger partial charge in [0, 0.05) is 18.7 Å². The molecule has 0 unspecified atom stereocenters. The fourth-order valence-electron chi connectivity index (χ4n) is 3.04. The summed E-state index contributed by atoms with van der Waals surface area (Å²) in [5.74, 6) is 2.23. The zero-order valence-electron chi connectivity index (χ0n) is 16.2. The summed E-state index contributed by atoms with van der Waals surface area (Å²) in [6.45, 7) is 2.47. The second-order valence-corrected chi connectivity index (χ2v) is 7.31. The first-order valence-corrected chi connectivity index (χ1v) is 10.1. The highest BCUT2D eigenvalue weighted by atomic mass is 32.2. The highest BCUT2D eigenvalue weighted by molar-refractivity contribution is 7.99. The second kappa shape index (κ2) is 8.66. The third kappa shape index (κ3) is 4.13. The van der Waals surface area contributed by atoms with Crippen molar-refractivity contribution in [3.63, 3.8) is 0 Å². The molecule has 152 valence electrons. The van der Waals surface area contributed by atoms with Gasteiger partial charge in [-0.3, -0.25) is 4.79 Å². The molecule has 1 saturated heterocycles. The standard InChI is InChI=1S/C19H21N5O4S/c1-26-14-4-3-13(11-15(14)27-2)19-21-20-16-5-6-17(22-24(16)19)29-12-18(25)23-7-9-28-10-8-23/h3-6,11H,7-10,12H2,1-2H3. The van der Waals surface area contributed by atoms with Crippen LogP contribution in [0.5, 0.6) is 11.5 Å². The molecule has 4 rings (SSSR count). The van der Waals surface area contributed by atoms with Gasteiger partial charge in [0.1, 0.15) is 5.03 Å². The number of carbonyl (C=O) groups is 1. The van der Waals surface area contributed by atoms with Crippen LogP contribution in [-0.4, -0.2) is 76.9 Å².